The first kappa shape index (κ1) is 22.9. The molecule has 0 saturated heterocycles. The Kier molecular flexibility index (Phi) is 8.42. The van der Waals surface area contributed by atoms with Crippen molar-refractivity contribution in [1.29, 1.82) is 0 Å². The van der Waals surface area contributed by atoms with Crippen LogP contribution in [0.2, 0.25) is 10.0 Å². The molecule has 7 heteroatoms. The van der Waals surface area contributed by atoms with Crippen LogP contribution in [-0.4, -0.2) is 18.8 Å². The maximum Gasteiger partial charge on any atom is 0.167 e. The lowest BCUT2D eigenvalue weighted by Crippen LogP contribution is -2.21. The van der Waals surface area contributed by atoms with Gasteiger partial charge in [-0.3, -0.25) is 0 Å². The Balaban J connectivity index is 1.72. The summed E-state index contributed by atoms with van der Waals surface area (Å²) in [6.07, 6.45) is -0.601. The van der Waals surface area contributed by atoms with Crippen LogP contribution in [0.1, 0.15) is 22.8 Å². The summed E-state index contributed by atoms with van der Waals surface area (Å²) >= 11 is 15.7. The van der Waals surface area contributed by atoms with E-state index in [0.29, 0.717) is 41.2 Å². The van der Waals surface area contributed by atoms with Gasteiger partial charge < -0.3 is 19.9 Å². The first-order valence-electron chi connectivity index (χ1n) is 9.35. The summed E-state index contributed by atoms with van der Waals surface area (Å²) in [6, 6.07) is 18.7. The molecule has 0 fully saturated rings. The van der Waals surface area contributed by atoms with Gasteiger partial charge in [-0.25, -0.2) is 0 Å². The van der Waals surface area contributed by atoms with Gasteiger partial charge in [-0.1, -0.05) is 75.5 Å². The van der Waals surface area contributed by atoms with E-state index in [9.17, 15) is 5.11 Å². The summed E-state index contributed by atoms with van der Waals surface area (Å²) < 4.78 is 12.5. The van der Waals surface area contributed by atoms with Crippen LogP contribution in [0, 0.1) is 0 Å². The van der Waals surface area contributed by atoms with Crippen LogP contribution in [0.15, 0.2) is 65.1 Å². The Morgan fingerprint density at radius 2 is 1.80 bits per heavy atom. The third kappa shape index (κ3) is 5.90. The highest BCUT2D eigenvalue weighted by molar-refractivity contribution is 9.10. The second-order valence-corrected chi connectivity index (χ2v) is 8.32. The normalized spacial score (nSPS) is 11.9. The maximum absolute atomic E-state index is 10.4. The molecule has 0 aliphatic rings. The lowest BCUT2D eigenvalue weighted by molar-refractivity contribution is 0.174. The molecular formula is C23H22BrCl2NO3. The van der Waals surface area contributed by atoms with E-state index in [-0.39, 0.29) is 0 Å². The van der Waals surface area contributed by atoms with Crippen LogP contribution in [0.4, 0.5) is 0 Å². The third-order valence-electron chi connectivity index (χ3n) is 4.58. The highest BCUT2D eigenvalue weighted by Gasteiger charge is 2.16. The number of halogens is 3. The van der Waals surface area contributed by atoms with Crippen molar-refractivity contribution in [2.24, 2.45) is 0 Å². The number of hydrogen-bond donors (Lipinski definition) is 2. The Bertz CT molecular complexity index is 986. The van der Waals surface area contributed by atoms with Gasteiger partial charge in [0.15, 0.2) is 11.5 Å². The lowest BCUT2D eigenvalue weighted by Gasteiger charge is -2.18. The molecule has 2 N–H and O–H groups in total. The number of methoxy groups -OCH3 is 1. The molecule has 3 aromatic rings. The molecule has 3 aromatic carbocycles. The zero-order valence-corrected chi connectivity index (χ0v) is 19.5. The SMILES string of the molecule is COc1ccc(Br)c(CNCC(O)c2ccccc2)c1OCc1ccc(Cl)c(Cl)c1. The van der Waals surface area contributed by atoms with E-state index in [0.717, 1.165) is 21.2 Å². The molecule has 30 heavy (non-hydrogen) atoms. The zero-order chi connectivity index (χ0) is 21.5. The van der Waals surface area contributed by atoms with Crippen LogP contribution in [0.3, 0.4) is 0 Å². The largest absolute Gasteiger partial charge is 0.493 e. The van der Waals surface area contributed by atoms with Gasteiger partial charge >= 0.3 is 0 Å². The summed E-state index contributed by atoms with van der Waals surface area (Å²) in [7, 11) is 1.60. The summed E-state index contributed by atoms with van der Waals surface area (Å²) in [5.41, 5.74) is 2.66. The van der Waals surface area contributed by atoms with E-state index in [1.54, 1.807) is 19.2 Å². The number of aliphatic hydroxyl groups is 1. The van der Waals surface area contributed by atoms with Crippen LogP contribution >= 0.6 is 39.1 Å². The molecule has 0 aliphatic heterocycles. The second kappa shape index (κ2) is 11.0. The van der Waals surface area contributed by atoms with E-state index >= 15 is 0 Å². The first-order chi connectivity index (χ1) is 14.5. The highest BCUT2D eigenvalue weighted by atomic mass is 79.9. The van der Waals surface area contributed by atoms with Crippen molar-refractivity contribution in [2.75, 3.05) is 13.7 Å². The van der Waals surface area contributed by atoms with Crippen molar-refractivity contribution in [3.05, 3.63) is 91.9 Å². The van der Waals surface area contributed by atoms with Crippen molar-refractivity contribution < 1.29 is 14.6 Å². The fourth-order valence-corrected chi connectivity index (χ4v) is 3.75. The van der Waals surface area contributed by atoms with Crippen LogP contribution in [0.5, 0.6) is 11.5 Å². The fourth-order valence-electron chi connectivity index (χ4n) is 2.98. The molecule has 1 unspecified atom stereocenters. The lowest BCUT2D eigenvalue weighted by atomic mass is 10.1. The Hall–Kier alpha value is -1.76. The Morgan fingerprint density at radius 1 is 1.03 bits per heavy atom. The van der Waals surface area contributed by atoms with Crippen molar-refractivity contribution in [1.82, 2.24) is 5.32 Å². The molecule has 0 aliphatic carbocycles. The average Bonchev–Trinajstić information content (AvgIpc) is 2.76. The number of aliphatic hydroxyl groups excluding tert-OH is 1. The summed E-state index contributed by atoms with van der Waals surface area (Å²) in [5.74, 6) is 1.25. The molecule has 0 saturated carbocycles. The first-order valence-corrected chi connectivity index (χ1v) is 10.9. The maximum atomic E-state index is 10.4. The molecule has 0 aromatic heterocycles. The number of rotatable bonds is 9. The monoisotopic (exact) mass is 509 g/mol. The second-order valence-electron chi connectivity index (χ2n) is 6.65. The van der Waals surface area contributed by atoms with Crippen LogP contribution < -0.4 is 14.8 Å². The topological polar surface area (TPSA) is 50.7 Å². The minimum atomic E-state index is -0.601. The Labute approximate surface area is 194 Å². The molecule has 158 valence electrons. The molecular weight excluding hydrogens is 489 g/mol. The average molecular weight is 511 g/mol. The van der Waals surface area contributed by atoms with E-state index < -0.39 is 6.10 Å². The van der Waals surface area contributed by atoms with Crippen molar-refractivity contribution >= 4 is 39.1 Å². The summed E-state index contributed by atoms with van der Waals surface area (Å²) in [6.45, 7) is 1.20. The highest BCUT2D eigenvalue weighted by Crippen LogP contribution is 2.37. The van der Waals surface area contributed by atoms with Crippen molar-refractivity contribution in [3.8, 4) is 11.5 Å². The van der Waals surface area contributed by atoms with E-state index in [4.69, 9.17) is 32.7 Å². The number of nitrogens with one attached hydrogen (secondary N) is 1. The Morgan fingerprint density at radius 3 is 2.50 bits per heavy atom. The van der Waals surface area contributed by atoms with Gasteiger partial charge in [-0.15, -0.1) is 0 Å². The zero-order valence-electron chi connectivity index (χ0n) is 16.4. The molecule has 4 nitrogen and oxygen atoms in total. The van der Waals surface area contributed by atoms with Gasteiger partial charge in [0.2, 0.25) is 0 Å². The van der Waals surface area contributed by atoms with Crippen molar-refractivity contribution in [2.45, 2.75) is 19.3 Å². The van der Waals surface area contributed by atoms with Crippen LogP contribution in [-0.2, 0) is 13.2 Å². The van der Waals surface area contributed by atoms with E-state index in [1.807, 2.05) is 48.5 Å². The van der Waals surface area contributed by atoms with Gasteiger partial charge in [0.25, 0.3) is 0 Å². The standard InChI is InChI=1S/C23H22BrCl2NO3/c1-29-22-10-8-18(24)17(12-27-13-21(28)16-5-3-2-4-6-16)23(22)30-14-15-7-9-19(25)20(26)11-15/h2-11,21,27-28H,12-14H2,1H3. The molecule has 1 atom stereocenters. The van der Waals surface area contributed by atoms with Gasteiger partial charge in [0.1, 0.15) is 6.61 Å². The summed E-state index contributed by atoms with van der Waals surface area (Å²) in [4.78, 5) is 0. The molecule has 0 bridgehead atoms. The van der Waals surface area contributed by atoms with E-state index in [1.165, 1.54) is 0 Å². The summed E-state index contributed by atoms with van der Waals surface area (Å²) in [5, 5.41) is 14.7. The third-order valence-corrected chi connectivity index (χ3v) is 6.06. The smallest absolute Gasteiger partial charge is 0.167 e. The number of ether oxygens (including phenoxy) is 2. The predicted molar refractivity (Wildman–Crippen MR) is 125 cm³/mol. The quantitative estimate of drug-likeness (QED) is 0.361. The number of hydrogen-bond acceptors (Lipinski definition) is 4. The van der Waals surface area contributed by atoms with E-state index in [2.05, 4.69) is 21.2 Å². The fraction of sp³-hybridized carbons (Fsp3) is 0.217. The minimum absolute atomic E-state index is 0.309. The molecule has 3 rings (SSSR count). The van der Waals surface area contributed by atoms with Gasteiger partial charge in [0.05, 0.1) is 23.3 Å². The van der Waals surface area contributed by atoms with Crippen LogP contribution in [0.25, 0.3) is 0 Å². The number of benzene rings is 3. The van der Waals surface area contributed by atoms with Gasteiger partial charge in [0, 0.05) is 23.1 Å². The van der Waals surface area contributed by atoms with Gasteiger partial charge in [-0.2, -0.15) is 0 Å². The van der Waals surface area contributed by atoms with Gasteiger partial charge in [-0.05, 0) is 35.4 Å². The molecule has 0 spiro atoms. The van der Waals surface area contributed by atoms with Crippen molar-refractivity contribution in [3.63, 3.8) is 0 Å². The molecule has 0 radical (unpaired) electrons. The molecule has 0 heterocycles. The predicted octanol–water partition coefficient (Wildman–Crippen LogP) is 6.17. The minimum Gasteiger partial charge on any atom is -0.493 e. The molecule has 0 amide bonds.